The van der Waals surface area contributed by atoms with Crippen LogP contribution in [0, 0.1) is 17.8 Å². The number of nitrogens with one attached hydrogen (secondary N) is 1. The predicted octanol–water partition coefficient (Wildman–Crippen LogP) is 2.99. The molecule has 1 aromatic rings. The number of carbonyl (C=O) groups is 1. The minimum Gasteiger partial charge on any atom is -0.348 e. The van der Waals surface area contributed by atoms with Crippen molar-refractivity contribution >= 4 is 5.91 Å². The van der Waals surface area contributed by atoms with Gasteiger partial charge in [-0.25, -0.2) is 0 Å². The summed E-state index contributed by atoms with van der Waals surface area (Å²) in [5, 5.41) is 6.52. The minimum atomic E-state index is -4.50. The van der Waals surface area contributed by atoms with E-state index in [0.717, 1.165) is 18.4 Å². The Bertz CT molecular complexity index is 581. The number of hydrogen-bond donors (Lipinski definition) is 1. The molecule has 22 heavy (non-hydrogen) atoms. The molecule has 0 aromatic carbocycles. The second-order valence-electron chi connectivity index (χ2n) is 6.64. The zero-order valence-corrected chi connectivity index (χ0v) is 12.7. The van der Waals surface area contributed by atoms with Gasteiger partial charge in [-0.3, -0.25) is 9.48 Å². The average molecular weight is 315 g/mol. The monoisotopic (exact) mass is 315 g/mol. The number of hydrogen-bond acceptors (Lipinski definition) is 2. The SMILES string of the molecule is C[C@@H](NC(=O)c1cc(C(F)(F)F)n(C)n1)[C@H]1C[C@H]2CC[C@H]1C2. The molecule has 1 amide bonds. The van der Waals surface area contributed by atoms with Gasteiger partial charge in [-0.2, -0.15) is 18.3 Å². The van der Waals surface area contributed by atoms with E-state index in [9.17, 15) is 18.0 Å². The maximum Gasteiger partial charge on any atom is 0.433 e. The van der Waals surface area contributed by atoms with Crippen LogP contribution < -0.4 is 5.32 Å². The molecule has 1 heterocycles. The highest BCUT2D eigenvalue weighted by Gasteiger charge is 2.42. The summed E-state index contributed by atoms with van der Waals surface area (Å²) in [6.07, 6.45) is 0.319. The Kier molecular flexibility index (Phi) is 3.69. The van der Waals surface area contributed by atoms with Crippen LogP contribution in [0.5, 0.6) is 0 Å². The first-order chi connectivity index (χ1) is 10.3. The molecule has 2 aliphatic rings. The highest BCUT2D eigenvalue weighted by Crippen LogP contribution is 2.49. The Labute approximate surface area is 127 Å². The highest BCUT2D eigenvalue weighted by molar-refractivity contribution is 5.92. The number of aryl methyl sites for hydroxylation is 1. The molecule has 0 aliphatic heterocycles. The lowest BCUT2D eigenvalue weighted by Crippen LogP contribution is -2.40. The van der Waals surface area contributed by atoms with Gasteiger partial charge < -0.3 is 5.32 Å². The van der Waals surface area contributed by atoms with E-state index in [4.69, 9.17) is 0 Å². The lowest BCUT2D eigenvalue weighted by molar-refractivity contribution is -0.143. The fourth-order valence-electron chi connectivity index (χ4n) is 4.14. The topological polar surface area (TPSA) is 46.9 Å². The molecule has 2 fully saturated rings. The first-order valence-electron chi connectivity index (χ1n) is 7.68. The van der Waals surface area contributed by atoms with Gasteiger partial charge in [0.1, 0.15) is 5.69 Å². The molecule has 7 heteroatoms. The molecule has 0 radical (unpaired) electrons. The number of carbonyl (C=O) groups excluding carboxylic acids is 1. The van der Waals surface area contributed by atoms with Crippen LogP contribution in [0.4, 0.5) is 13.2 Å². The van der Waals surface area contributed by atoms with Gasteiger partial charge in [-0.1, -0.05) is 6.42 Å². The van der Waals surface area contributed by atoms with E-state index < -0.39 is 17.8 Å². The van der Waals surface area contributed by atoms with Gasteiger partial charge in [0.2, 0.25) is 0 Å². The molecule has 2 aliphatic carbocycles. The van der Waals surface area contributed by atoms with Crippen molar-refractivity contribution in [2.45, 2.75) is 44.8 Å². The molecular weight excluding hydrogens is 295 g/mol. The minimum absolute atomic E-state index is 0.0286. The lowest BCUT2D eigenvalue weighted by Gasteiger charge is -2.28. The Balaban J connectivity index is 1.67. The average Bonchev–Trinajstić information content (AvgIpc) is 3.11. The molecule has 0 unspecified atom stereocenters. The first-order valence-corrected chi connectivity index (χ1v) is 7.68. The maximum atomic E-state index is 12.7. The molecule has 4 nitrogen and oxygen atoms in total. The van der Waals surface area contributed by atoms with Gasteiger partial charge in [0.25, 0.3) is 5.91 Å². The fourth-order valence-corrected chi connectivity index (χ4v) is 4.14. The number of fused-ring (bicyclic) bond motifs is 2. The van der Waals surface area contributed by atoms with Crippen LogP contribution in [0.3, 0.4) is 0 Å². The van der Waals surface area contributed by atoms with Gasteiger partial charge in [0, 0.05) is 19.2 Å². The van der Waals surface area contributed by atoms with Crippen molar-refractivity contribution in [3.63, 3.8) is 0 Å². The summed E-state index contributed by atoms with van der Waals surface area (Å²) < 4.78 is 38.9. The zero-order chi connectivity index (χ0) is 16.1. The number of amides is 1. The van der Waals surface area contributed by atoms with Crippen molar-refractivity contribution < 1.29 is 18.0 Å². The molecule has 2 saturated carbocycles. The number of halogens is 3. The van der Waals surface area contributed by atoms with E-state index in [0.29, 0.717) is 16.5 Å². The Morgan fingerprint density at radius 2 is 2.14 bits per heavy atom. The summed E-state index contributed by atoms with van der Waals surface area (Å²) in [6.45, 7) is 1.94. The highest BCUT2D eigenvalue weighted by atomic mass is 19.4. The normalized spacial score (nSPS) is 28.9. The van der Waals surface area contributed by atoms with E-state index in [1.54, 1.807) is 0 Å². The molecule has 0 spiro atoms. The third-order valence-electron chi connectivity index (χ3n) is 5.20. The Morgan fingerprint density at radius 3 is 2.64 bits per heavy atom. The molecule has 2 bridgehead atoms. The van der Waals surface area contributed by atoms with Crippen molar-refractivity contribution in [1.82, 2.24) is 15.1 Å². The first kappa shape index (κ1) is 15.4. The Hall–Kier alpha value is -1.53. The molecule has 122 valence electrons. The quantitative estimate of drug-likeness (QED) is 0.932. The molecule has 1 N–H and O–H groups in total. The van der Waals surface area contributed by atoms with Crippen LogP contribution in [-0.4, -0.2) is 21.7 Å². The summed E-state index contributed by atoms with van der Waals surface area (Å²) >= 11 is 0. The molecular formula is C15H20F3N3O. The second-order valence-corrected chi connectivity index (χ2v) is 6.64. The maximum absolute atomic E-state index is 12.7. The smallest absolute Gasteiger partial charge is 0.348 e. The summed E-state index contributed by atoms with van der Waals surface area (Å²) in [5.41, 5.74) is -1.09. The van der Waals surface area contributed by atoms with Crippen molar-refractivity contribution in [3.05, 3.63) is 17.5 Å². The summed E-state index contributed by atoms with van der Waals surface area (Å²) in [7, 11) is 1.19. The Morgan fingerprint density at radius 1 is 1.41 bits per heavy atom. The van der Waals surface area contributed by atoms with E-state index >= 15 is 0 Å². The predicted molar refractivity (Wildman–Crippen MR) is 74.1 cm³/mol. The third-order valence-corrected chi connectivity index (χ3v) is 5.20. The van der Waals surface area contributed by atoms with Crippen LogP contribution >= 0.6 is 0 Å². The van der Waals surface area contributed by atoms with Crippen molar-refractivity contribution in [3.8, 4) is 0 Å². The van der Waals surface area contributed by atoms with E-state index in [2.05, 4.69) is 10.4 Å². The number of aromatic nitrogens is 2. The van der Waals surface area contributed by atoms with E-state index in [-0.39, 0.29) is 11.7 Å². The van der Waals surface area contributed by atoms with Crippen molar-refractivity contribution in [2.75, 3.05) is 0 Å². The van der Waals surface area contributed by atoms with Gasteiger partial charge in [-0.05, 0) is 43.9 Å². The van der Waals surface area contributed by atoms with Crippen molar-refractivity contribution in [2.24, 2.45) is 24.8 Å². The summed E-state index contributed by atoms with van der Waals surface area (Å²) in [5.74, 6) is 1.32. The molecule has 3 rings (SSSR count). The number of alkyl halides is 3. The lowest BCUT2D eigenvalue weighted by atomic mass is 9.84. The van der Waals surface area contributed by atoms with Gasteiger partial charge in [0.15, 0.2) is 5.69 Å². The van der Waals surface area contributed by atoms with Gasteiger partial charge in [-0.15, -0.1) is 0 Å². The van der Waals surface area contributed by atoms with Crippen molar-refractivity contribution in [1.29, 1.82) is 0 Å². The number of nitrogens with zero attached hydrogens (tertiary/aromatic N) is 2. The third kappa shape index (κ3) is 2.73. The van der Waals surface area contributed by atoms with E-state index in [1.165, 1.54) is 26.3 Å². The van der Waals surface area contributed by atoms with Crippen LogP contribution in [0.15, 0.2) is 6.07 Å². The largest absolute Gasteiger partial charge is 0.433 e. The van der Waals surface area contributed by atoms with Crippen LogP contribution in [0.1, 0.15) is 48.8 Å². The standard InChI is InChI=1S/C15H20F3N3O/c1-8(11-6-9-3-4-10(11)5-9)19-14(22)12-7-13(15(16,17)18)21(2)20-12/h7-11H,3-6H2,1-2H3,(H,19,22)/t8-,9+,10+,11-/m1/s1. The molecule has 0 saturated heterocycles. The van der Waals surface area contributed by atoms with Gasteiger partial charge in [0.05, 0.1) is 0 Å². The van der Waals surface area contributed by atoms with E-state index in [1.807, 2.05) is 6.92 Å². The van der Waals surface area contributed by atoms with Crippen LogP contribution in [-0.2, 0) is 13.2 Å². The number of rotatable bonds is 3. The molecule has 4 atom stereocenters. The zero-order valence-electron chi connectivity index (χ0n) is 12.7. The second kappa shape index (κ2) is 5.28. The molecule has 1 aromatic heterocycles. The van der Waals surface area contributed by atoms with Gasteiger partial charge >= 0.3 is 6.18 Å². The summed E-state index contributed by atoms with van der Waals surface area (Å²) in [4.78, 5) is 12.2. The van der Waals surface area contributed by atoms with Crippen LogP contribution in [0.25, 0.3) is 0 Å². The summed E-state index contributed by atoms with van der Waals surface area (Å²) in [6, 6.07) is 0.780. The fraction of sp³-hybridized carbons (Fsp3) is 0.733. The van der Waals surface area contributed by atoms with Crippen LogP contribution in [0.2, 0.25) is 0 Å².